The Hall–Kier alpha value is -1.55. The van der Waals surface area contributed by atoms with Crippen molar-refractivity contribution >= 4 is 39.0 Å². The largest absolute Gasteiger partial charge is 0.410 e. The third kappa shape index (κ3) is 3.93. The molecule has 2 aromatic heterocycles. The molecular weight excluding hydrogens is 469 g/mol. The predicted molar refractivity (Wildman–Crippen MR) is 109 cm³/mol. The average molecular weight is 491 g/mol. The van der Waals surface area contributed by atoms with E-state index in [1.54, 1.807) is 11.9 Å². The lowest BCUT2D eigenvalue weighted by molar-refractivity contribution is -0.173. The van der Waals surface area contributed by atoms with Gasteiger partial charge in [-0.2, -0.15) is 18.3 Å². The molecule has 2 aromatic rings. The molecule has 1 aliphatic carbocycles. The number of rotatable bonds is 3. The van der Waals surface area contributed by atoms with Gasteiger partial charge in [-0.25, -0.2) is 4.68 Å². The number of amides is 1. The predicted octanol–water partition coefficient (Wildman–Crippen LogP) is 5.77. The standard InChI is InChI=1S/C19H22BrF3N4OS/c1-26(11-6-3-2-4-7-11)18(28)16-15(20)17-24-12(13-8-5-9-29-13)10-14(19(21,22)23)27(17)25-16/h5,8-9,11-12,14,24H,2-4,6-7,10H2,1H3/t12-,14-/m1/s1. The summed E-state index contributed by atoms with van der Waals surface area (Å²) in [6.45, 7) is 0. The van der Waals surface area contributed by atoms with Crippen molar-refractivity contribution in [2.24, 2.45) is 0 Å². The quantitative estimate of drug-likeness (QED) is 0.593. The number of carbonyl (C=O) groups is 1. The molecule has 1 saturated carbocycles. The molecule has 2 atom stereocenters. The molecule has 10 heteroatoms. The lowest BCUT2D eigenvalue weighted by Crippen LogP contribution is -2.39. The van der Waals surface area contributed by atoms with E-state index in [4.69, 9.17) is 0 Å². The Labute approximate surface area is 179 Å². The Balaban J connectivity index is 1.68. The Morgan fingerprint density at radius 2 is 2.07 bits per heavy atom. The number of halogens is 4. The van der Waals surface area contributed by atoms with Gasteiger partial charge in [0.25, 0.3) is 5.91 Å². The summed E-state index contributed by atoms with van der Waals surface area (Å²) >= 11 is 4.77. The summed E-state index contributed by atoms with van der Waals surface area (Å²) in [5, 5.41) is 9.13. The van der Waals surface area contributed by atoms with Gasteiger partial charge in [-0.1, -0.05) is 25.3 Å². The fourth-order valence-electron chi connectivity index (χ4n) is 4.20. The second-order valence-electron chi connectivity index (χ2n) is 7.67. The zero-order valence-corrected chi connectivity index (χ0v) is 18.3. The van der Waals surface area contributed by atoms with Crippen molar-refractivity contribution in [2.75, 3.05) is 12.4 Å². The number of hydrogen-bond acceptors (Lipinski definition) is 4. The van der Waals surface area contributed by atoms with Crippen molar-refractivity contribution in [3.63, 3.8) is 0 Å². The van der Waals surface area contributed by atoms with Gasteiger partial charge in [-0.3, -0.25) is 4.79 Å². The third-order valence-corrected chi connectivity index (χ3v) is 7.56. The highest BCUT2D eigenvalue weighted by molar-refractivity contribution is 9.10. The summed E-state index contributed by atoms with van der Waals surface area (Å²) in [7, 11) is 1.71. The maximum Gasteiger partial charge on any atom is 0.410 e. The van der Waals surface area contributed by atoms with Gasteiger partial charge in [0, 0.05) is 24.4 Å². The van der Waals surface area contributed by atoms with E-state index in [-0.39, 0.29) is 29.9 Å². The van der Waals surface area contributed by atoms with E-state index in [2.05, 4.69) is 26.3 Å². The topological polar surface area (TPSA) is 50.2 Å². The van der Waals surface area contributed by atoms with Crippen LogP contribution in [0.2, 0.25) is 0 Å². The molecule has 0 radical (unpaired) electrons. The molecule has 0 saturated heterocycles. The zero-order valence-electron chi connectivity index (χ0n) is 15.9. The van der Waals surface area contributed by atoms with Crippen LogP contribution in [0.5, 0.6) is 0 Å². The highest BCUT2D eigenvalue weighted by Crippen LogP contribution is 2.47. The number of alkyl halides is 3. The normalized spacial score (nSPS) is 22.8. The van der Waals surface area contributed by atoms with E-state index in [0.717, 1.165) is 41.7 Å². The number of hydrogen-bond donors (Lipinski definition) is 1. The summed E-state index contributed by atoms with van der Waals surface area (Å²) < 4.78 is 42.7. The number of thiophene rings is 1. The Kier molecular flexibility index (Phi) is 5.67. The molecule has 5 nitrogen and oxygen atoms in total. The smallest absolute Gasteiger partial charge is 0.362 e. The molecule has 2 aliphatic rings. The molecule has 158 valence electrons. The van der Waals surface area contributed by atoms with E-state index in [9.17, 15) is 18.0 Å². The molecule has 1 amide bonds. The SMILES string of the molecule is CN(C(=O)c1nn2c(c1Br)N[C@@H](c1cccs1)C[C@@H]2C(F)(F)F)C1CCCCC1. The van der Waals surface area contributed by atoms with Crippen LogP contribution in [0.15, 0.2) is 22.0 Å². The zero-order chi connectivity index (χ0) is 20.8. The van der Waals surface area contributed by atoms with Gasteiger partial charge < -0.3 is 10.2 Å². The number of anilines is 1. The first-order valence-corrected chi connectivity index (χ1v) is 11.4. The average Bonchev–Trinajstić information content (AvgIpc) is 3.35. The van der Waals surface area contributed by atoms with Crippen LogP contribution in [0, 0.1) is 0 Å². The molecule has 1 aliphatic heterocycles. The van der Waals surface area contributed by atoms with E-state index in [0.29, 0.717) is 4.47 Å². The second kappa shape index (κ2) is 7.94. The second-order valence-corrected chi connectivity index (χ2v) is 9.44. The Morgan fingerprint density at radius 3 is 2.69 bits per heavy atom. The molecule has 0 aromatic carbocycles. The summed E-state index contributed by atoms with van der Waals surface area (Å²) in [6, 6.07) is 1.47. The monoisotopic (exact) mass is 490 g/mol. The van der Waals surface area contributed by atoms with Crippen molar-refractivity contribution in [2.45, 2.75) is 62.8 Å². The fourth-order valence-corrected chi connectivity index (χ4v) is 5.54. The minimum absolute atomic E-state index is 0.0293. The number of nitrogens with one attached hydrogen (secondary N) is 1. The van der Waals surface area contributed by atoms with Crippen molar-refractivity contribution in [1.82, 2.24) is 14.7 Å². The number of aromatic nitrogens is 2. The number of fused-ring (bicyclic) bond motifs is 1. The van der Waals surface area contributed by atoms with Crippen LogP contribution in [-0.4, -0.2) is 39.9 Å². The van der Waals surface area contributed by atoms with Crippen LogP contribution in [-0.2, 0) is 0 Å². The van der Waals surface area contributed by atoms with Crippen LogP contribution in [0.25, 0.3) is 0 Å². The van der Waals surface area contributed by atoms with Crippen LogP contribution < -0.4 is 5.32 Å². The Morgan fingerprint density at radius 1 is 1.34 bits per heavy atom. The minimum atomic E-state index is -4.46. The van der Waals surface area contributed by atoms with Crippen molar-refractivity contribution in [3.05, 3.63) is 32.6 Å². The highest BCUT2D eigenvalue weighted by Gasteiger charge is 2.48. The lowest BCUT2D eigenvalue weighted by Gasteiger charge is -2.33. The van der Waals surface area contributed by atoms with Crippen LogP contribution >= 0.6 is 27.3 Å². The molecule has 1 N–H and O–H groups in total. The first-order chi connectivity index (χ1) is 13.8. The van der Waals surface area contributed by atoms with Crippen LogP contribution in [0.1, 0.15) is 66.0 Å². The summed E-state index contributed by atoms with van der Waals surface area (Å²) in [4.78, 5) is 15.5. The van der Waals surface area contributed by atoms with Crippen molar-refractivity contribution in [3.8, 4) is 0 Å². The maximum absolute atomic E-state index is 13.8. The molecule has 1 fully saturated rings. The first-order valence-electron chi connectivity index (χ1n) is 9.69. The van der Waals surface area contributed by atoms with Crippen molar-refractivity contribution < 1.29 is 18.0 Å². The van der Waals surface area contributed by atoms with Crippen LogP contribution in [0.3, 0.4) is 0 Å². The van der Waals surface area contributed by atoms with Gasteiger partial charge in [-0.15, -0.1) is 11.3 Å². The molecule has 3 heterocycles. The van der Waals surface area contributed by atoms with Crippen LogP contribution in [0.4, 0.5) is 19.0 Å². The van der Waals surface area contributed by atoms with Gasteiger partial charge in [0.1, 0.15) is 5.82 Å². The third-order valence-electron chi connectivity index (χ3n) is 5.83. The van der Waals surface area contributed by atoms with Gasteiger partial charge in [0.05, 0.1) is 10.5 Å². The number of carbonyl (C=O) groups excluding carboxylic acids is 1. The molecule has 29 heavy (non-hydrogen) atoms. The number of nitrogens with zero attached hydrogens (tertiary/aromatic N) is 3. The summed E-state index contributed by atoms with van der Waals surface area (Å²) in [6.07, 6.45) is 0.466. The molecule has 4 rings (SSSR count). The maximum atomic E-state index is 13.8. The van der Waals surface area contributed by atoms with Gasteiger partial charge >= 0.3 is 6.18 Å². The van der Waals surface area contributed by atoms with E-state index in [1.165, 1.54) is 11.3 Å². The molecule has 0 spiro atoms. The highest BCUT2D eigenvalue weighted by atomic mass is 79.9. The van der Waals surface area contributed by atoms with Gasteiger partial charge in [0.15, 0.2) is 11.7 Å². The molecular formula is C19H22BrF3N4OS. The van der Waals surface area contributed by atoms with E-state index in [1.807, 2.05) is 17.5 Å². The summed E-state index contributed by atoms with van der Waals surface area (Å²) in [5.74, 6) is -0.140. The minimum Gasteiger partial charge on any atom is -0.362 e. The van der Waals surface area contributed by atoms with Crippen molar-refractivity contribution in [1.29, 1.82) is 0 Å². The molecule has 0 unspecified atom stereocenters. The van der Waals surface area contributed by atoms with E-state index < -0.39 is 18.3 Å². The van der Waals surface area contributed by atoms with Gasteiger partial charge in [-0.05, 0) is 40.2 Å². The fraction of sp³-hybridized carbons (Fsp3) is 0.579. The lowest BCUT2D eigenvalue weighted by atomic mass is 9.94. The molecule has 0 bridgehead atoms. The summed E-state index contributed by atoms with van der Waals surface area (Å²) in [5.41, 5.74) is 0.0293. The Bertz CT molecular complexity index is 877. The van der Waals surface area contributed by atoms with Gasteiger partial charge in [0.2, 0.25) is 0 Å². The first kappa shape index (κ1) is 20.7. The van der Waals surface area contributed by atoms with E-state index >= 15 is 0 Å².